The maximum Gasteiger partial charge on any atom is 0.269 e. The van der Waals surface area contributed by atoms with Gasteiger partial charge in [0.15, 0.2) is 0 Å². The smallest absolute Gasteiger partial charge is 0.269 e. The minimum absolute atomic E-state index is 0.154. The van der Waals surface area contributed by atoms with E-state index in [1.54, 1.807) is 12.1 Å². The van der Waals surface area contributed by atoms with Crippen molar-refractivity contribution in [3.05, 3.63) is 29.6 Å². The van der Waals surface area contributed by atoms with Crippen LogP contribution >= 0.6 is 0 Å². The van der Waals surface area contributed by atoms with Crippen LogP contribution in [0.5, 0.6) is 0 Å². The number of hydrogen-bond donors (Lipinski definition) is 1. The quantitative estimate of drug-likeness (QED) is 0.915. The molecule has 1 amide bonds. The van der Waals surface area contributed by atoms with Crippen LogP contribution in [0.25, 0.3) is 0 Å². The topological polar surface area (TPSA) is 65.8 Å². The Morgan fingerprint density at radius 3 is 3.00 bits per heavy atom. The van der Waals surface area contributed by atoms with Crippen molar-refractivity contribution >= 4 is 5.91 Å². The molecule has 1 aromatic heterocycles. The highest BCUT2D eigenvalue weighted by atomic mass is 16.1. The van der Waals surface area contributed by atoms with Crippen molar-refractivity contribution in [3.8, 4) is 6.07 Å². The molecule has 1 saturated carbocycles. The van der Waals surface area contributed by atoms with Gasteiger partial charge in [-0.05, 0) is 36.8 Å². The van der Waals surface area contributed by atoms with Gasteiger partial charge < -0.3 is 5.32 Å². The van der Waals surface area contributed by atoms with E-state index in [1.807, 2.05) is 6.07 Å². The Kier molecular flexibility index (Phi) is 5.11. The first-order valence-corrected chi connectivity index (χ1v) is 7.33. The monoisotopic (exact) mass is 271 g/mol. The number of nitriles is 1. The van der Waals surface area contributed by atoms with Crippen LogP contribution < -0.4 is 5.32 Å². The second-order valence-electron chi connectivity index (χ2n) is 5.73. The van der Waals surface area contributed by atoms with E-state index in [4.69, 9.17) is 5.26 Å². The average Bonchev–Trinajstić information content (AvgIpc) is 2.47. The predicted octanol–water partition coefficient (Wildman–Crippen LogP) is 2.90. The summed E-state index contributed by atoms with van der Waals surface area (Å²) in [6.07, 6.45) is 7.71. The Balaban J connectivity index is 1.75. The predicted molar refractivity (Wildman–Crippen MR) is 77.0 cm³/mol. The molecule has 1 heterocycles. The number of carbonyl (C=O) groups is 1. The van der Waals surface area contributed by atoms with Crippen molar-refractivity contribution < 1.29 is 4.79 Å². The number of rotatable bonds is 4. The zero-order chi connectivity index (χ0) is 14.4. The van der Waals surface area contributed by atoms with Gasteiger partial charge in [0.05, 0.1) is 5.56 Å². The van der Waals surface area contributed by atoms with E-state index in [1.165, 1.54) is 31.9 Å². The molecule has 20 heavy (non-hydrogen) atoms. The summed E-state index contributed by atoms with van der Waals surface area (Å²) < 4.78 is 0. The Hall–Kier alpha value is -1.89. The van der Waals surface area contributed by atoms with Crippen molar-refractivity contribution in [3.63, 3.8) is 0 Å². The molecular formula is C16H21N3O. The first-order chi connectivity index (χ1) is 9.69. The summed E-state index contributed by atoms with van der Waals surface area (Å²) in [5, 5.41) is 11.6. The van der Waals surface area contributed by atoms with Crippen LogP contribution in [0.1, 0.15) is 55.1 Å². The van der Waals surface area contributed by atoms with Gasteiger partial charge in [-0.3, -0.25) is 4.79 Å². The molecule has 1 fully saturated rings. The summed E-state index contributed by atoms with van der Waals surface area (Å²) in [6.45, 7) is 3.02. The SMILES string of the molecule is CC1CCCC(CCNC(=O)c2ccc(C#N)cn2)C1. The van der Waals surface area contributed by atoms with Gasteiger partial charge in [0.1, 0.15) is 11.8 Å². The Morgan fingerprint density at radius 2 is 2.35 bits per heavy atom. The van der Waals surface area contributed by atoms with Crippen LogP contribution in [0, 0.1) is 23.2 Å². The number of pyridine rings is 1. The van der Waals surface area contributed by atoms with E-state index in [0.717, 1.165) is 18.3 Å². The Labute approximate surface area is 120 Å². The lowest BCUT2D eigenvalue weighted by atomic mass is 9.81. The van der Waals surface area contributed by atoms with Crippen LogP contribution in [-0.4, -0.2) is 17.4 Å². The number of hydrogen-bond acceptors (Lipinski definition) is 3. The van der Waals surface area contributed by atoms with Crippen LogP contribution in [0.15, 0.2) is 18.3 Å². The summed E-state index contributed by atoms with van der Waals surface area (Å²) >= 11 is 0. The summed E-state index contributed by atoms with van der Waals surface area (Å²) in [6, 6.07) is 5.20. The number of nitrogens with zero attached hydrogens (tertiary/aromatic N) is 2. The molecule has 0 aliphatic heterocycles. The molecule has 2 rings (SSSR count). The average molecular weight is 271 g/mol. The third-order valence-corrected chi connectivity index (χ3v) is 4.01. The second-order valence-corrected chi connectivity index (χ2v) is 5.73. The minimum atomic E-state index is -0.154. The molecule has 0 saturated heterocycles. The molecule has 0 bridgehead atoms. The fourth-order valence-electron chi connectivity index (χ4n) is 2.90. The second kappa shape index (κ2) is 7.04. The molecule has 0 aromatic carbocycles. The van der Waals surface area contributed by atoms with Crippen LogP contribution in [0.4, 0.5) is 0 Å². The zero-order valence-corrected chi connectivity index (χ0v) is 11.9. The van der Waals surface area contributed by atoms with Crippen LogP contribution in [0.3, 0.4) is 0 Å². The molecule has 1 N–H and O–H groups in total. The fraction of sp³-hybridized carbons (Fsp3) is 0.562. The first kappa shape index (κ1) is 14.5. The molecule has 1 aromatic rings. The van der Waals surface area contributed by atoms with Crippen molar-refractivity contribution in [1.29, 1.82) is 5.26 Å². The normalized spacial score (nSPS) is 22.0. The third kappa shape index (κ3) is 4.06. The highest BCUT2D eigenvalue weighted by molar-refractivity contribution is 5.92. The largest absolute Gasteiger partial charge is 0.351 e. The van der Waals surface area contributed by atoms with Gasteiger partial charge >= 0.3 is 0 Å². The van der Waals surface area contributed by atoms with Crippen molar-refractivity contribution in [1.82, 2.24) is 10.3 Å². The maximum absolute atomic E-state index is 11.9. The minimum Gasteiger partial charge on any atom is -0.351 e. The molecule has 0 radical (unpaired) electrons. The highest BCUT2D eigenvalue weighted by Gasteiger charge is 2.18. The third-order valence-electron chi connectivity index (χ3n) is 4.01. The van der Waals surface area contributed by atoms with Gasteiger partial charge in [-0.15, -0.1) is 0 Å². The van der Waals surface area contributed by atoms with E-state index in [2.05, 4.69) is 17.2 Å². The van der Waals surface area contributed by atoms with Crippen LogP contribution in [-0.2, 0) is 0 Å². The van der Waals surface area contributed by atoms with Crippen molar-refractivity contribution in [2.45, 2.75) is 39.0 Å². The molecule has 1 aliphatic carbocycles. The fourth-order valence-corrected chi connectivity index (χ4v) is 2.90. The summed E-state index contributed by atoms with van der Waals surface area (Å²) in [5.41, 5.74) is 0.846. The van der Waals surface area contributed by atoms with E-state index < -0.39 is 0 Å². The molecule has 1 aliphatic rings. The van der Waals surface area contributed by atoms with Gasteiger partial charge in [-0.2, -0.15) is 5.26 Å². The summed E-state index contributed by atoms with van der Waals surface area (Å²) in [4.78, 5) is 15.9. The maximum atomic E-state index is 11.9. The number of carbonyl (C=O) groups excluding carboxylic acids is 1. The van der Waals surface area contributed by atoms with Gasteiger partial charge in [0.25, 0.3) is 5.91 Å². The lowest BCUT2D eigenvalue weighted by Crippen LogP contribution is -2.27. The number of aromatic nitrogens is 1. The molecule has 2 atom stereocenters. The van der Waals surface area contributed by atoms with Gasteiger partial charge in [-0.1, -0.05) is 26.2 Å². The van der Waals surface area contributed by atoms with E-state index >= 15 is 0 Å². The van der Waals surface area contributed by atoms with Gasteiger partial charge in [0.2, 0.25) is 0 Å². The number of nitrogens with one attached hydrogen (secondary N) is 1. The van der Waals surface area contributed by atoms with Gasteiger partial charge in [-0.25, -0.2) is 4.98 Å². The van der Waals surface area contributed by atoms with E-state index in [0.29, 0.717) is 17.8 Å². The van der Waals surface area contributed by atoms with Crippen molar-refractivity contribution in [2.24, 2.45) is 11.8 Å². The lowest BCUT2D eigenvalue weighted by Gasteiger charge is -2.26. The molecule has 4 nitrogen and oxygen atoms in total. The molecule has 0 spiro atoms. The van der Waals surface area contributed by atoms with Crippen molar-refractivity contribution in [2.75, 3.05) is 6.54 Å². The first-order valence-electron chi connectivity index (χ1n) is 7.33. The standard InChI is InChI=1S/C16H21N3O/c1-12-3-2-4-13(9-12)7-8-18-16(20)15-6-5-14(10-17)11-19-15/h5-6,11-13H,2-4,7-9H2,1H3,(H,18,20). The molecular weight excluding hydrogens is 250 g/mol. The molecule has 106 valence electrons. The highest BCUT2D eigenvalue weighted by Crippen LogP contribution is 2.30. The van der Waals surface area contributed by atoms with Crippen LogP contribution in [0.2, 0.25) is 0 Å². The Bertz CT molecular complexity index is 489. The van der Waals surface area contributed by atoms with E-state index in [9.17, 15) is 4.79 Å². The molecule has 2 unspecified atom stereocenters. The summed E-state index contributed by atoms with van der Waals surface area (Å²) in [5.74, 6) is 1.41. The molecule has 4 heteroatoms. The zero-order valence-electron chi connectivity index (χ0n) is 11.9. The Morgan fingerprint density at radius 1 is 1.50 bits per heavy atom. The van der Waals surface area contributed by atoms with E-state index in [-0.39, 0.29) is 5.91 Å². The lowest BCUT2D eigenvalue weighted by molar-refractivity contribution is 0.0944. The summed E-state index contributed by atoms with van der Waals surface area (Å²) in [7, 11) is 0. The number of amides is 1. The van der Waals surface area contributed by atoms with Gasteiger partial charge in [0, 0.05) is 12.7 Å².